The summed E-state index contributed by atoms with van der Waals surface area (Å²) in [6.07, 6.45) is 4.75. The third kappa shape index (κ3) is 5.57. The van der Waals surface area contributed by atoms with Crippen molar-refractivity contribution in [2.75, 3.05) is 5.75 Å². The summed E-state index contributed by atoms with van der Waals surface area (Å²) in [5.74, 6) is 0.481. The highest BCUT2D eigenvalue weighted by Crippen LogP contribution is 2.24. The van der Waals surface area contributed by atoms with Gasteiger partial charge in [0.15, 0.2) is 0 Å². The lowest BCUT2D eigenvalue weighted by Crippen LogP contribution is -2.15. The van der Waals surface area contributed by atoms with Crippen molar-refractivity contribution in [3.8, 4) is 0 Å². The van der Waals surface area contributed by atoms with E-state index >= 15 is 0 Å². The lowest BCUT2D eigenvalue weighted by Gasteiger charge is -2.19. The van der Waals surface area contributed by atoms with Crippen molar-refractivity contribution in [3.05, 3.63) is 78.9 Å². The minimum Gasteiger partial charge on any atom is -0.288 e. The van der Waals surface area contributed by atoms with Gasteiger partial charge >= 0.3 is 0 Å². The van der Waals surface area contributed by atoms with Crippen LogP contribution in [0.3, 0.4) is 0 Å². The highest BCUT2D eigenvalue weighted by molar-refractivity contribution is 7.85. The van der Waals surface area contributed by atoms with Gasteiger partial charge in [-0.05, 0) is 24.1 Å². The normalized spacial score (nSPS) is 14.4. The van der Waals surface area contributed by atoms with Gasteiger partial charge in [0.2, 0.25) is 0 Å². The molecule has 2 rings (SSSR count). The topological polar surface area (TPSA) is 29.4 Å². The van der Waals surface area contributed by atoms with E-state index in [0.717, 1.165) is 16.9 Å². The fraction of sp³-hybridized carbons (Fsp3) is 0.286. The Morgan fingerprint density at radius 3 is 2.25 bits per heavy atom. The molecule has 1 unspecified atom stereocenters. The highest BCUT2D eigenvalue weighted by atomic mass is 32.2. The van der Waals surface area contributed by atoms with Crippen molar-refractivity contribution >= 4 is 17.0 Å². The van der Waals surface area contributed by atoms with Crippen LogP contribution < -0.4 is 0 Å². The SMILES string of the molecule is C=CCC(C)(C)C=N[C@@H](CS(=O)c1ccccc1)c1ccccc1. The van der Waals surface area contributed by atoms with Crippen LogP contribution in [0, 0.1) is 5.41 Å². The fourth-order valence-electron chi connectivity index (χ4n) is 2.43. The van der Waals surface area contributed by atoms with Crippen LogP contribution in [0.1, 0.15) is 31.9 Å². The van der Waals surface area contributed by atoms with Gasteiger partial charge in [0.1, 0.15) is 0 Å². The van der Waals surface area contributed by atoms with E-state index in [1.165, 1.54) is 0 Å². The van der Waals surface area contributed by atoms with Crippen molar-refractivity contribution in [1.82, 2.24) is 0 Å². The van der Waals surface area contributed by atoms with Crippen molar-refractivity contribution < 1.29 is 4.21 Å². The number of rotatable bonds is 8. The fourth-order valence-corrected chi connectivity index (χ4v) is 3.65. The zero-order valence-electron chi connectivity index (χ0n) is 14.4. The molecule has 2 atom stereocenters. The molecule has 24 heavy (non-hydrogen) atoms. The zero-order valence-corrected chi connectivity index (χ0v) is 15.2. The Morgan fingerprint density at radius 1 is 1.08 bits per heavy atom. The molecule has 0 spiro atoms. The second-order valence-electron chi connectivity index (χ2n) is 6.51. The smallest absolute Gasteiger partial charge is 0.0864 e. The summed E-state index contributed by atoms with van der Waals surface area (Å²) in [4.78, 5) is 5.63. The number of nitrogens with zero attached hydrogens (tertiary/aromatic N) is 1. The van der Waals surface area contributed by atoms with Crippen LogP contribution in [0.2, 0.25) is 0 Å². The predicted molar refractivity (Wildman–Crippen MR) is 104 cm³/mol. The molecule has 2 aromatic rings. The number of aliphatic imine (C=N–C) groups is 1. The Hall–Kier alpha value is -2.00. The summed E-state index contributed by atoms with van der Waals surface area (Å²) in [7, 11) is -1.08. The van der Waals surface area contributed by atoms with E-state index in [2.05, 4.69) is 20.4 Å². The first-order chi connectivity index (χ1) is 11.5. The summed E-state index contributed by atoms with van der Waals surface area (Å²) in [5, 5.41) is 0. The van der Waals surface area contributed by atoms with E-state index in [9.17, 15) is 4.21 Å². The van der Waals surface area contributed by atoms with Gasteiger partial charge in [-0.3, -0.25) is 9.20 Å². The summed E-state index contributed by atoms with van der Waals surface area (Å²) in [6, 6.07) is 19.5. The maximum absolute atomic E-state index is 12.7. The molecule has 0 aliphatic heterocycles. The van der Waals surface area contributed by atoms with Gasteiger partial charge in [0.25, 0.3) is 0 Å². The van der Waals surface area contributed by atoms with Gasteiger partial charge < -0.3 is 0 Å². The van der Waals surface area contributed by atoms with E-state index in [-0.39, 0.29) is 11.5 Å². The lowest BCUT2D eigenvalue weighted by molar-refractivity contribution is 0.541. The number of hydrogen-bond donors (Lipinski definition) is 0. The predicted octanol–water partition coefficient (Wildman–Crippen LogP) is 5.21. The molecule has 126 valence electrons. The minimum atomic E-state index is -1.08. The first-order valence-corrected chi connectivity index (χ1v) is 9.47. The standard InChI is InChI=1S/C21H25NOS/c1-4-15-21(2,3)17-22-20(18-11-7-5-8-12-18)16-24(23)19-13-9-6-10-14-19/h4-14,17,20H,1,15-16H2,2-3H3/t20-,24?/m0/s1. The number of allylic oxidation sites excluding steroid dienone is 1. The third-order valence-corrected chi connectivity index (χ3v) is 5.19. The van der Waals surface area contributed by atoms with E-state index in [1.54, 1.807) is 0 Å². The quantitative estimate of drug-likeness (QED) is 0.479. The van der Waals surface area contributed by atoms with Gasteiger partial charge in [0, 0.05) is 16.5 Å². The monoisotopic (exact) mass is 339 g/mol. The van der Waals surface area contributed by atoms with Gasteiger partial charge in [-0.1, -0.05) is 68.5 Å². The van der Waals surface area contributed by atoms with Crippen molar-refractivity contribution in [3.63, 3.8) is 0 Å². The second kappa shape index (κ2) is 8.74. The molecule has 2 nitrogen and oxygen atoms in total. The molecule has 0 saturated heterocycles. The summed E-state index contributed by atoms with van der Waals surface area (Å²) in [6.45, 7) is 8.08. The van der Waals surface area contributed by atoms with E-state index in [0.29, 0.717) is 5.75 Å². The Morgan fingerprint density at radius 2 is 1.67 bits per heavy atom. The van der Waals surface area contributed by atoms with Gasteiger partial charge in [-0.2, -0.15) is 0 Å². The summed E-state index contributed by atoms with van der Waals surface area (Å²) >= 11 is 0. The molecule has 0 amide bonds. The van der Waals surface area contributed by atoms with Crippen molar-refractivity contribution in [2.45, 2.75) is 31.2 Å². The lowest BCUT2D eigenvalue weighted by atomic mass is 9.91. The molecule has 0 saturated carbocycles. The Bertz CT molecular complexity index is 692. The molecule has 2 aromatic carbocycles. The molecule has 0 heterocycles. The largest absolute Gasteiger partial charge is 0.288 e. The molecule has 0 N–H and O–H groups in total. The van der Waals surface area contributed by atoms with Crippen LogP contribution >= 0.6 is 0 Å². The molecular weight excluding hydrogens is 314 g/mol. The van der Waals surface area contributed by atoms with Gasteiger partial charge in [-0.25, -0.2) is 0 Å². The van der Waals surface area contributed by atoms with Crippen LogP contribution in [-0.4, -0.2) is 16.2 Å². The molecule has 0 bridgehead atoms. The summed E-state index contributed by atoms with van der Waals surface area (Å²) in [5.41, 5.74) is 1.04. The van der Waals surface area contributed by atoms with E-state index in [4.69, 9.17) is 4.99 Å². The van der Waals surface area contributed by atoms with Crippen molar-refractivity contribution in [1.29, 1.82) is 0 Å². The number of benzene rings is 2. The molecule has 0 radical (unpaired) electrons. The Balaban J connectivity index is 2.22. The average molecular weight is 340 g/mol. The molecular formula is C21H25NOS. The van der Waals surface area contributed by atoms with Crippen LogP contribution in [0.5, 0.6) is 0 Å². The highest BCUT2D eigenvalue weighted by Gasteiger charge is 2.18. The average Bonchev–Trinajstić information content (AvgIpc) is 2.60. The van der Waals surface area contributed by atoms with E-state index in [1.807, 2.05) is 73.0 Å². The molecule has 0 fully saturated rings. The minimum absolute atomic E-state index is 0.0526. The maximum Gasteiger partial charge on any atom is 0.0864 e. The first kappa shape index (κ1) is 18.3. The molecule has 0 aliphatic rings. The van der Waals surface area contributed by atoms with Gasteiger partial charge in [0.05, 0.1) is 22.6 Å². The number of hydrogen-bond acceptors (Lipinski definition) is 2. The van der Waals surface area contributed by atoms with Crippen LogP contribution in [-0.2, 0) is 10.8 Å². The first-order valence-electron chi connectivity index (χ1n) is 8.15. The van der Waals surface area contributed by atoms with Gasteiger partial charge in [-0.15, -0.1) is 6.58 Å². The van der Waals surface area contributed by atoms with Crippen LogP contribution in [0.4, 0.5) is 0 Å². The van der Waals surface area contributed by atoms with Crippen LogP contribution in [0.15, 0.2) is 83.2 Å². The molecule has 0 aromatic heterocycles. The molecule has 0 aliphatic carbocycles. The Labute approximate surface area is 147 Å². The van der Waals surface area contributed by atoms with Crippen LogP contribution in [0.25, 0.3) is 0 Å². The van der Waals surface area contributed by atoms with E-state index < -0.39 is 10.8 Å². The second-order valence-corrected chi connectivity index (χ2v) is 8.01. The zero-order chi connectivity index (χ0) is 17.4. The Kier molecular flexibility index (Phi) is 6.68. The molecule has 3 heteroatoms. The maximum atomic E-state index is 12.7. The third-order valence-electron chi connectivity index (χ3n) is 3.77. The summed E-state index contributed by atoms with van der Waals surface area (Å²) < 4.78 is 12.7. The van der Waals surface area contributed by atoms with Crippen molar-refractivity contribution in [2.24, 2.45) is 10.4 Å².